The van der Waals surface area contributed by atoms with Gasteiger partial charge in [-0.1, -0.05) is 30.3 Å². The molecule has 0 aliphatic carbocycles. The highest BCUT2D eigenvalue weighted by Crippen LogP contribution is 2.40. The zero-order valence-corrected chi connectivity index (χ0v) is 15.0. The zero-order chi connectivity index (χ0) is 17.5. The molecular weight excluding hydrogens is 346 g/mol. The number of carbonyl (C=O) groups is 1. The van der Waals surface area contributed by atoms with E-state index in [2.05, 4.69) is 39.8 Å². The number of fused-ring (bicyclic) bond motifs is 3. The number of hydrogen-bond acceptors (Lipinski definition) is 5. The van der Waals surface area contributed by atoms with E-state index in [0.717, 1.165) is 42.4 Å². The minimum Gasteiger partial charge on any atom is -0.465 e. The summed E-state index contributed by atoms with van der Waals surface area (Å²) in [5, 5.41) is 7.40. The number of carbonyl (C=O) groups excluding carboxylic acids is 1. The van der Waals surface area contributed by atoms with Crippen LogP contribution in [0.1, 0.15) is 38.3 Å². The van der Waals surface area contributed by atoms with Crippen LogP contribution < -0.4 is 10.6 Å². The number of nitrogens with zero attached hydrogens (tertiary/aromatic N) is 1. The predicted octanol–water partition coefficient (Wildman–Crippen LogP) is 3.75. The van der Waals surface area contributed by atoms with Gasteiger partial charge in [-0.25, -0.2) is 0 Å². The smallest absolute Gasteiger partial charge is 0.256 e. The fraction of sp³-hybridized carbons (Fsp3) is 0.250. The SMILES string of the molecule is O=C1N[C@H](c2ccco2)Nc2sc3c(c21)CCN(Cc1ccccc1)C3. The average molecular weight is 365 g/mol. The fourth-order valence-electron chi connectivity index (χ4n) is 3.74. The van der Waals surface area contributed by atoms with E-state index in [4.69, 9.17) is 4.42 Å². The van der Waals surface area contributed by atoms with E-state index in [-0.39, 0.29) is 12.1 Å². The fourth-order valence-corrected chi connectivity index (χ4v) is 5.06. The van der Waals surface area contributed by atoms with E-state index >= 15 is 0 Å². The molecule has 0 saturated heterocycles. The monoisotopic (exact) mass is 365 g/mol. The molecule has 2 N–H and O–H groups in total. The molecule has 5 nitrogen and oxygen atoms in total. The normalized spacial score (nSPS) is 19.4. The van der Waals surface area contributed by atoms with Crippen molar-refractivity contribution in [2.45, 2.75) is 25.7 Å². The van der Waals surface area contributed by atoms with Gasteiger partial charge >= 0.3 is 0 Å². The number of furan rings is 1. The van der Waals surface area contributed by atoms with Crippen LogP contribution >= 0.6 is 11.3 Å². The van der Waals surface area contributed by atoms with Gasteiger partial charge < -0.3 is 15.1 Å². The molecule has 1 atom stereocenters. The van der Waals surface area contributed by atoms with E-state index in [1.165, 1.54) is 16.0 Å². The van der Waals surface area contributed by atoms with Crippen LogP contribution in [0.15, 0.2) is 53.1 Å². The first kappa shape index (κ1) is 15.7. The Hall–Kier alpha value is -2.57. The quantitative estimate of drug-likeness (QED) is 0.742. The lowest BCUT2D eigenvalue weighted by Gasteiger charge is -2.28. The Morgan fingerprint density at radius 2 is 2.04 bits per heavy atom. The summed E-state index contributed by atoms with van der Waals surface area (Å²) < 4.78 is 5.44. The zero-order valence-electron chi connectivity index (χ0n) is 14.2. The van der Waals surface area contributed by atoms with Crippen LogP contribution in [0.4, 0.5) is 5.00 Å². The van der Waals surface area contributed by atoms with Gasteiger partial charge in [-0.3, -0.25) is 9.69 Å². The lowest BCUT2D eigenvalue weighted by molar-refractivity contribution is 0.0930. The molecule has 0 spiro atoms. The van der Waals surface area contributed by atoms with Gasteiger partial charge in [-0.2, -0.15) is 0 Å². The Bertz CT molecular complexity index is 934. The average Bonchev–Trinajstić information content (AvgIpc) is 3.30. The lowest BCUT2D eigenvalue weighted by Crippen LogP contribution is -2.38. The molecule has 2 aliphatic heterocycles. The minimum absolute atomic E-state index is 0.00541. The summed E-state index contributed by atoms with van der Waals surface area (Å²) in [4.78, 5) is 16.4. The molecule has 2 aliphatic rings. The van der Waals surface area contributed by atoms with Gasteiger partial charge in [-0.15, -0.1) is 11.3 Å². The molecule has 0 unspecified atom stereocenters. The van der Waals surface area contributed by atoms with Crippen LogP contribution in [0.3, 0.4) is 0 Å². The molecular formula is C20H19N3O2S. The largest absolute Gasteiger partial charge is 0.465 e. The van der Waals surface area contributed by atoms with Crippen LogP contribution in [0.5, 0.6) is 0 Å². The van der Waals surface area contributed by atoms with Crippen molar-refractivity contribution in [1.82, 2.24) is 10.2 Å². The number of nitrogens with one attached hydrogen (secondary N) is 2. The van der Waals surface area contributed by atoms with Gasteiger partial charge in [0, 0.05) is 24.5 Å². The van der Waals surface area contributed by atoms with Crippen molar-refractivity contribution in [3.63, 3.8) is 0 Å². The third-order valence-electron chi connectivity index (χ3n) is 4.99. The van der Waals surface area contributed by atoms with E-state index in [0.29, 0.717) is 0 Å². The molecule has 4 heterocycles. The molecule has 5 rings (SSSR count). The summed E-state index contributed by atoms with van der Waals surface area (Å²) in [5.41, 5.74) is 3.36. The van der Waals surface area contributed by atoms with E-state index < -0.39 is 0 Å². The number of benzene rings is 1. The molecule has 6 heteroatoms. The molecule has 26 heavy (non-hydrogen) atoms. The molecule has 1 amide bonds. The Morgan fingerprint density at radius 3 is 2.85 bits per heavy atom. The van der Waals surface area contributed by atoms with Crippen molar-refractivity contribution >= 4 is 22.2 Å². The first-order chi connectivity index (χ1) is 12.8. The standard InChI is InChI=1S/C20H19N3O2S/c24-19-17-14-8-9-23(11-13-5-2-1-3-6-13)12-16(14)26-20(17)22-18(21-19)15-7-4-10-25-15/h1-7,10,18,22H,8-9,11-12H2,(H,21,24)/t18-/m0/s1. The highest BCUT2D eigenvalue weighted by Gasteiger charge is 2.34. The summed E-state index contributed by atoms with van der Waals surface area (Å²) >= 11 is 1.70. The Balaban J connectivity index is 1.39. The number of rotatable bonds is 3. The first-order valence-corrected chi connectivity index (χ1v) is 9.61. The molecule has 0 saturated carbocycles. The third-order valence-corrected chi connectivity index (χ3v) is 6.14. The highest BCUT2D eigenvalue weighted by molar-refractivity contribution is 7.16. The Morgan fingerprint density at radius 1 is 1.15 bits per heavy atom. The van der Waals surface area contributed by atoms with Crippen molar-refractivity contribution in [2.24, 2.45) is 0 Å². The summed E-state index contributed by atoms with van der Waals surface area (Å²) in [5.74, 6) is 0.718. The number of amides is 1. The summed E-state index contributed by atoms with van der Waals surface area (Å²) in [6.07, 6.45) is 2.24. The van der Waals surface area contributed by atoms with Crippen molar-refractivity contribution in [3.8, 4) is 0 Å². The van der Waals surface area contributed by atoms with Gasteiger partial charge in [0.15, 0.2) is 6.17 Å². The number of hydrogen-bond donors (Lipinski definition) is 2. The summed E-state index contributed by atoms with van der Waals surface area (Å²) in [7, 11) is 0. The summed E-state index contributed by atoms with van der Waals surface area (Å²) in [6.45, 7) is 2.81. The second kappa shape index (κ2) is 6.30. The molecule has 0 radical (unpaired) electrons. The van der Waals surface area contributed by atoms with Crippen LogP contribution in [0.25, 0.3) is 0 Å². The maximum absolute atomic E-state index is 12.7. The topological polar surface area (TPSA) is 57.5 Å². The van der Waals surface area contributed by atoms with E-state index in [1.807, 2.05) is 18.2 Å². The second-order valence-electron chi connectivity index (χ2n) is 6.72. The maximum Gasteiger partial charge on any atom is 0.256 e. The van der Waals surface area contributed by atoms with Gasteiger partial charge in [0.25, 0.3) is 5.91 Å². The summed E-state index contributed by atoms with van der Waals surface area (Å²) in [6, 6.07) is 14.2. The minimum atomic E-state index is -0.300. The Kier molecular flexibility index (Phi) is 3.80. The van der Waals surface area contributed by atoms with Gasteiger partial charge in [-0.05, 0) is 29.7 Å². The molecule has 0 bridgehead atoms. The van der Waals surface area contributed by atoms with Crippen molar-refractivity contribution < 1.29 is 9.21 Å². The van der Waals surface area contributed by atoms with Crippen molar-refractivity contribution in [1.29, 1.82) is 0 Å². The lowest BCUT2D eigenvalue weighted by atomic mass is 10.0. The Labute approximate surface area is 155 Å². The molecule has 3 aromatic rings. The highest BCUT2D eigenvalue weighted by atomic mass is 32.1. The third kappa shape index (κ3) is 2.71. The van der Waals surface area contributed by atoms with E-state index in [1.54, 1.807) is 17.6 Å². The number of anilines is 1. The van der Waals surface area contributed by atoms with Gasteiger partial charge in [0.1, 0.15) is 10.8 Å². The molecule has 132 valence electrons. The molecule has 1 aromatic carbocycles. The van der Waals surface area contributed by atoms with Gasteiger partial charge in [0.2, 0.25) is 0 Å². The molecule has 2 aromatic heterocycles. The van der Waals surface area contributed by atoms with Crippen molar-refractivity contribution in [2.75, 3.05) is 11.9 Å². The second-order valence-corrected chi connectivity index (χ2v) is 7.83. The van der Waals surface area contributed by atoms with Crippen LogP contribution in [0, 0.1) is 0 Å². The maximum atomic E-state index is 12.7. The van der Waals surface area contributed by atoms with Crippen molar-refractivity contribution in [3.05, 3.63) is 76.1 Å². The predicted molar refractivity (Wildman–Crippen MR) is 101 cm³/mol. The van der Waals surface area contributed by atoms with Gasteiger partial charge in [0.05, 0.1) is 11.8 Å². The van der Waals surface area contributed by atoms with Crippen LogP contribution in [-0.4, -0.2) is 17.4 Å². The van der Waals surface area contributed by atoms with E-state index in [9.17, 15) is 4.79 Å². The molecule has 0 fully saturated rings. The van der Waals surface area contributed by atoms with Crippen LogP contribution in [0.2, 0.25) is 0 Å². The first-order valence-electron chi connectivity index (χ1n) is 8.79. The van der Waals surface area contributed by atoms with Crippen LogP contribution in [-0.2, 0) is 19.5 Å². The number of thiophene rings is 1.